The molecule has 0 radical (unpaired) electrons. The van der Waals surface area contributed by atoms with Gasteiger partial charge in [0, 0.05) is 50.4 Å². The van der Waals surface area contributed by atoms with Crippen molar-refractivity contribution in [3.63, 3.8) is 0 Å². The van der Waals surface area contributed by atoms with Crippen molar-refractivity contribution in [2.24, 2.45) is 4.99 Å². The molecule has 5 rings (SSSR count). The van der Waals surface area contributed by atoms with E-state index < -0.39 is 0 Å². The van der Waals surface area contributed by atoms with Gasteiger partial charge in [-0.1, -0.05) is 12.1 Å². The number of piperidine rings is 2. The van der Waals surface area contributed by atoms with E-state index in [0.717, 1.165) is 79.9 Å². The van der Waals surface area contributed by atoms with Gasteiger partial charge in [-0.3, -0.25) is 9.91 Å². The van der Waals surface area contributed by atoms with E-state index in [1.165, 1.54) is 30.4 Å². The van der Waals surface area contributed by atoms with E-state index in [1.54, 1.807) is 14.2 Å². The summed E-state index contributed by atoms with van der Waals surface area (Å²) in [6, 6.07) is 11.2. The maximum atomic E-state index is 5.81. The Labute approximate surface area is 227 Å². The zero-order valence-corrected chi connectivity index (χ0v) is 23.5. The van der Waals surface area contributed by atoms with Crippen LogP contribution in [0, 0.1) is 6.92 Å². The van der Waals surface area contributed by atoms with E-state index in [0.29, 0.717) is 19.3 Å². The normalized spacial score (nSPS) is 18.7. The van der Waals surface area contributed by atoms with Crippen LogP contribution in [0.5, 0.6) is 17.2 Å². The third-order valence-electron chi connectivity index (χ3n) is 7.94. The number of hydrazine groups is 1. The van der Waals surface area contributed by atoms with Gasteiger partial charge in [-0.2, -0.15) is 0 Å². The highest BCUT2D eigenvalue weighted by atomic mass is 16.5. The zero-order valence-electron chi connectivity index (χ0n) is 23.5. The van der Waals surface area contributed by atoms with Crippen LogP contribution < -0.4 is 24.6 Å². The number of fused-ring (bicyclic) bond motifs is 1. The molecule has 0 unspecified atom stereocenters. The third-order valence-corrected chi connectivity index (χ3v) is 7.94. The van der Waals surface area contributed by atoms with Gasteiger partial charge in [0.05, 0.1) is 26.5 Å². The summed E-state index contributed by atoms with van der Waals surface area (Å²) >= 11 is 0. The number of ether oxygens (including phenoxy) is 3. The largest absolute Gasteiger partial charge is 0.494 e. The van der Waals surface area contributed by atoms with Crippen molar-refractivity contribution in [2.45, 2.75) is 58.5 Å². The monoisotopic (exact) mass is 521 g/mol. The predicted octanol–water partition coefficient (Wildman–Crippen LogP) is 4.59. The highest BCUT2D eigenvalue weighted by Crippen LogP contribution is 2.38. The second-order valence-electron chi connectivity index (χ2n) is 10.5. The maximum Gasteiger partial charge on any atom is 0.162 e. The molecule has 2 fully saturated rings. The van der Waals surface area contributed by atoms with Gasteiger partial charge in [-0.25, -0.2) is 10.4 Å². The topological polar surface area (TPSA) is 61.8 Å². The Morgan fingerprint density at radius 2 is 1.66 bits per heavy atom. The van der Waals surface area contributed by atoms with Gasteiger partial charge in [-0.05, 0) is 69.2 Å². The van der Waals surface area contributed by atoms with Crippen molar-refractivity contribution >= 4 is 11.5 Å². The van der Waals surface area contributed by atoms with Crippen molar-refractivity contribution in [3.8, 4) is 17.2 Å². The van der Waals surface area contributed by atoms with Crippen LogP contribution in [0.2, 0.25) is 0 Å². The number of benzene rings is 2. The average molecular weight is 522 g/mol. The number of aliphatic imine (C=N–C) groups is 1. The summed E-state index contributed by atoms with van der Waals surface area (Å²) in [6.45, 7) is 10.6. The highest BCUT2D eigenvalue weighted by molar-refractivity contribution is 6.05. The summed E-state index contributed by atoms with van der Waals surface area (Å²) < 4.78 is 17.1. The zero-order chi connectivity index (χ0) is 26.5. The second kappa shape index (κ2) is 12.3. The lowest BCUT2D eigenvalue weighted by molar-refractivity contribution is 0.188. The SMILES string of the molecule is CCOc1cc(CN2CCC(NN3CN=C(N4CCCCC4)c4cc(OC)c(OC)cc43)CC2)ccc1C. The van der Waals surface area contributed by atoms with Crippen LogP contribution in [0.1, 0.15) is 55.7 Å². The maximum absolute atomic E-state index is 5.81. The van der Waals surface area contributed by atoms with Gasteiger partial charge < -0.3 is 19.1 Å². The molecule has 38 heavy (non-hydrogen) atoms. The minimum Gasteiger partial charge on any atom is -0.494 e. The quantitative estimate of drug-likeness (QED) is 0.545. The molecule has 0 spiro atoms. The Bertz CT molecular complexity index is 1120. The molecule has 2 aromatic carbocycles. The van der Waals surface area contributed by atoms with Crippen molar-refractivity contribution in [1.29, 1.82) is 0 Å². The Morgan fingerprint density at radius 3 is 2.37 bits per heavy atom. The van der Waals surface area contributed by atoms with Crippen molar-refractivity contribution in [1.82, 2.24) is 15.2 Å². The number of nitrogens with one attached hydrogen (secondary N) is 1. The molecule has 3 heterocycles. The summed E-state index contributed by atoms with van der Waals surface area (Å²) in [5, 5.41) is 2.21. The molecular weight excluding hydrogens is 478 g/mol. The first-order valence-corrected chi connectivity index (χ1v) is 14.1. The van der Waals surface area contributed by atoms with Crippen LogP contribution in [0.4, 0.5) is 5.69 Å². The van der Waals surface area contributed by atoms with Crippen molar-refractivity contribution in [3.05, 3.63) is 47.0 Å². The minimum absolute atomic E-state index is 0.399. The fourth-order valence-corrected chi connectivity index (χ4v) is 5.81. The summed E-state index contributed by atoms with van der Waals surface area (Å²) in [4.78, 5) is 10.0. The average Bonchev–Trinajstić information content (AvgIpc) is 2.96. The van der Waals surface area contributed by atoms with E-state index in [4.69, 9.17) is 19.2 Å². The lowest BCUT2D eigenvalue weighted by Gasteiger charge is -2.40. The summed E-state index contributed by atoms with van der Waals surface area (Å²) in [7, 11) is 3.40. The molecule has 0 amide bonds. The number of amidine groups is 1. The summed E-state index contributed by atoms with van der Waals surface area (Å²) in [6.07, 6.45) is 5.92. The summed E-state index contributed by atoms with van der Waals surface area (Å²) in [5.74, 6) is 3.58. The van der Waals surface area contributed by atoms with Crippen molar-refractivity contribution in [2.75, 3.05) is 58.7 Å². The number of hydrogen-bond donors (Lipinski definition) is 1. The van der Waals surface area contributed by atoms with Crippen molar-refractivity contribution < 1.29 is 14.2 Å². The first-order valence-electron chi connectivity index (χ1n) is 14.1. The van der Waals surface area contributed by atoms with Crippen LogP contribution in [0.15, 0.2) is 35.3 Å². The predicted molar refractivity (Wildman–Crippen MR) is 153 cm³/mol. The van der Waals surface area contributed by atoms with Crippen LogP contribution >= 0.6 is 0 Å². The fraction of sp³-hybridized carbons (Fsp3) is 0.567. The second-order valence-corrected chi connectivity index (χ2v) is 10.5. The lowest BCUT2D eigenvalue weighted by atomic mass is 10.0. The van der Waals surface area contributed by atoms with E-state index in [1.807, 2.05) is 6.92 Å². The number of anilines is 1. The molecule has 0 atom stereocenters. The van der Waals surface area contributed by atoms with E-state index in [9.17, 15) is 0 Å². The van der Waals surface area contributed by atoms with Gasteiger partial charge in [0.15, 0.2) is 11.5 Å². The number of rotatable bonds is 8. The molecule has 3 aliphatic heterocycles. The Hall–Kier alpha value is -2.97. The lowest BCUT2D eigenvalue weighted by Crippen LogP contribution is -2.52. The molecule has 2 saturated heterocycles. The Balaban J connectivity index is 1.26. The van der Waals surface area contributed by atoms with E-state index in [-0.39, 0.29) is 0 Å². The van der Waals surface area contributed by atoms with Gasteiger partial charge in [0.1, 0.15) is 18.3 Å². The number of aryl methyl sites for hydroxylation is 1. The number of nitrogens with zero attached hydrogens (tertiary/aromatic N) is 4. The summed E-state index contributed by atoms with van der Waals surface area (Å²) in [5.41, 5.74) is 8.55. The molecule has 2 aromatic rings. The highest BCUT2D eigenvalue weighted by Gasteiger charge is 2.29. The van der Waals surface area contributed by atoms with Gasteiger partial charge >= 0.3 is 0 Å². The van der Waals surface area contributed by atoms with Crippen LogP contribution in [0.25, 0.3) is 0 Å². The molecule has 8 heteroatoms. The van der Waals surface area contributed by atoms with Gasteiger partial charge in [-0.15, -0.1) is 0 Å². The fourth-order valence-electron chi connectivity index (χ4n) is 5.81. The Morgan fingerprint density at radius 1 is 0.921 bits per heavy atom. The first-order chi connectivity index (χ1) is 18.6. The standard InChI is InChI=1S/C30H43N5O3/c1-5-38-27-17-23(10-9-22(27)2)20-33-15-11-24(12-16-33)32-35-21-31-30(34-13-7-6-8-14-34)25-18-28(36-3)29(37-4)19-26(25)35/h9-10,17-19,24,32H,5-8,11-16,20-21H2,1-4H3. The molecule has 3 aliphatic rings. The molecule has 8 nitrogen and oxygen atoms in total. The smallest absolute Gasteiger partial charge is 0.162 e. The van der Waals surface area contributed by atoms with E-state index in [2.05, 4.69) is 57.5 Å². The number of likely N-dealkylation sites (tertiary alicyclic amines) is 2. The van der Waals surface area contributed by atoms with E-state index >= 15 is 0 Å². The minimum atomic E-state index is 0.399. The molecular formula is C30H43N5O3. The molecule has 1 N–H and O–H groups in total. The third kappa shape index (κ3) is 5.86. The number of hydrogen-bond acceptors (Lipinski definition) is 8. The van der Waals surface area contributed by atoms with Gasteiger partial charge in [0.2, 0.25) is 0 Å². The molecule has 0 aromatic heterocycles. The molecule has 0 saturated carbocycles. The molecule has 0 aliphatic carbocycles. The van der Waals surface area contributed by atoms with Crippen LogP contribution in [0.3, 0.4) is 0 Å². The van der Waals surface area contributed by atoms with Crippen LogP contribution in [-0.2, 0) is 6.54 Å². The Kier molecular flexibility index (Phi) is 8.59. The van der Waals surface area contributed by atoms with Gasteiger partial charge in [0.25, 0.3) is 0 Å². The first kappa shape index (κ1) is 26.6. The molecule has 206 valence electrons. The van der Waals surface area contributed by atoms with Crippen LogP contribution in [-0.4, -0.2) is 75.4 Å². The number of methoxy groups -OCH3 is 2. The molecule has 0 bridgehead atoms.